The summed E-state index contributed by atoms with van der Waals surface area (Å²) in [6, 6.07) is 7.89. The predicted molar refractivity (Wildman–Crippen MR) is 112 cm³/mol. The number of amides is 1. The molecule has 0 atom stereocenters. The Morgan fingerprint density at radius 2 is 1.90 bits per heavy atom. The van der Waals surface area contributed by atoms with Crippen LogP contribution in [0.25, 0.3) is 22.2 Å². The third kappa shape index (κ3) is 4.63. The molecule has 0 saturated heterocycles. The lowest BCUT2D eigenvalue weighted by Gasteiger charge is -2.07. The molecule has 31 heavy (non-hydrogen) atoms. The Bertz CT molecular complexity index is 1230. The van der Waals surface area contributed by atoms with Crippen LogP contribution in [0.3, 0.4) is 0 Å². The summed E-state index contributed by atoms with van der Waals surface area (Å²) in [4.78, 5) is 15.2. The van der Waals surface area contributed by atoms with Gasteiger partial charge < -0.3 is 10.3 Å². The number of aromatic nitrogens is 3. The van der Waals surface area contributed by atoms with Crippen LogP contribution in [-0.4, -0.2) is 20.7 Å². The van der Waals surface area contributed by atoms with Crippen molar-refractivity contribution in [3.05, 3.63) is 77.4 Å². The van der Waals surface area contributed by atoms with Gasteiger partial charge in [-0.2, -0.15) is 5.10 Å². The molecule has 5 nitrogen and oxygen atoms in total. The number of aromatic amines is 1. The fourth-order valence-electron chi connectivity index (χ4n) is 3.67. The maximum absolute atomic E-state index is 14.3. The van der Waals surface area contributed by atoms with Crippen LogP contribution in [0.5, 0.6) is 0 Å². The van der Waals surface area contributed by atoms with Crippen molar-refractivity contribution < 1.29 is 18.0 Å². The van der Waals surface area contributed by atoms with Gasteiger partial charge in [0, 0.05) is 48.9 Å². The minimum atomic E-state index is -0.696. The van der Waals surface area contributed by atoms with Crippen LogP contribution in [0.15, 0.2) is 48.8 Å². The molecule has 8 heteroatoms. The van der Waals surface area contributed by atoms with Crippen molar-refractivity contribution in [2.24, 2.45) is 7.05 Å². The van der Waals surface area contributed by atoms with Gasteiger partial charge in [-0.3, -0.25) is 9.48 Å². The van der Waals surface area contributed by atoms with Crippen molar-refractivity contribution in [3.8, 4) is 11.3 Å². The highest BCUT2D eigenvalue weighted by Gasteiger charge is 2.17. The molecule has 160 valence electrons. The second kappa shape index (κ2) is 8.67. The molecular formula is C23H21F3N4O. The Morgan fingerprint density at radius 1 is 1.13 bits per heavy atom. The molecule has 0 bridgehead atoms. The first kappa shape index (κ1) is 20.7. The van der Waals surface area contributed by atoms with E-state index in [-0.39, 0.29) is 23.7 Å². The summed E-state index contributed by atoms with van der Waals surface area (Å²) < 4.78 is 43.2. The molecule has 0 spiro atoms. The van der Waals surface area contributed by atoms with E-state index in [9.17, 15) is 18.0 Å². The fourth-order valence-corrected chi connectivity index (χ4v) is 3.67. The van der Waals surface area contributed by atoms with Gasteiger partial charge in [0.25, 0.3) is 0 Å². The minimum Gasteiger partial charge on any atom is -0.352 e. The Balaban J connectivity index is 1.52. The van der Waals surface area contributed by atoms with Gasteiger partial charge in [-0.05, 0) is 54.3 Å². The number of carbonyl (C=O) groups excluding carboxylic acids is 1. The Hall–Kier alpha value is -3.55. The molecule has 0 saturated carbocycles. The smallest absolute Gasteiger partial charge is 0.220 e. The van der Waals surface area contributed by atoms with Crippen LogP contribution in [0.4, 0.5) is 13.2 Å². The summed E-state index contributed by atoms with van der Waals surface area (Å²) in [5.41, 5.74) is 3.04. The van der Waals surface area contributed by atoms with Crippen molar-refractivity contribution in [3.63, 3.8) is 0 Å². The van der Waals surface area contributed by atoms with Crippen LogP contribution in [0.1, 0.15) is 24.0 Å². The molecule has 0 unspecified atom stereocenters. The molecule has 4 aromatic rings. The number of carbonyl (C=O) groups is 1. The van der Waals surface area contributed by atoms with E-state index in [0.29, 0.717) is 41.6 Å². The van der Waals surface area contributed by atoms with Crippen LogP contribution in [-0.2, 0) is 24.8 Å². The Morgan fingerprint density at radius 3 is 2.61 bits per heavy atom. The summed E-state index contributed by atoms with van der Waals surface area (Å²) in [5, 5.41) is 7.32. The van der Waals surface area contributed by atoms with Gasteiger partial charge in [0.2, 0.25) is 5.91 Å². The molecule has 0 radical (unpaired) electrons. The lowest BCUT2D eigenvalue weighted by atomic mass is 10.00. The second-order valence-corrected chi connectivity index (χ2v) is 7.45. The van der Waals surface area contributed by atoms with Gasteiger partial charge >= 0.3 is 0 Å². The molecule has 0 aliphatic carbocycles. The monoisotopic (exact) mass is 426 g/mol. The summed E-state index contributed by atoms with van der Waals surface area (Å²) >= 11 is 0. The number of nitrogens with zero attached hydrogens (tertiary/aromatic N) is 2. The zero-order chi connectivity index (χ0) is 22.0. The minimum absolute atomic E-state index is 0.121. The van der Waals surface area contributed by atoms with Crippen LogP contribution in [0, 0.1) is 17.5 Å². The summed E-state index contributed by atoms with van der Waals surface area (Å²) in [7, 11) is 1.80. The van der Waals surface area contributed by atoms with E-state index in [4.69, 9.17) is 0 Å². The maximum atomic E-state index is 14.3. The van der Waals surface area contributed by atoms with E-state index in [2.05, 4.69) is 15.4 Å². The highest BCUT2D eigenvalue weighted by molar-refractivity contribution is 5.91. The Labute approximate surface area is 176 Å². The number of nitrogens with one attached hydrogen (secondary N) is 2. The SMILES string of the molecule is Cn1cc(CNC(=O)CCCc2c(-c3ccc(F)cc3)[nH]c3c(F)cc(F)cc23)cn1. The van der Waals surface area contributed by atoms with Crippen LogP contribution < -0.4 is 5.32 Å². The van der Waals surface area contributed by atoms with E-state index in [0.717, 1.165) is 11.6 Å². The van der Waals surface area contributed by atoms with Crippen LogP contribution >= 0.6 is 0 Å². The molecule has 0 aliphatic rings. The molecule has 2 heterocycles. The molecule has 2 aromatic carbocycles. The molecule has 2 aromatic heterocycles. The van der Waals surface area contributed by atoms with Crippen molar-refractivity contribution in [2.45, 2.75) is 25.8 Å². The van der Waals surface area contributed by atoms with E-state index in [1.54, 1.807) is 30.1 Å². The average molecular weight is 426 g/mol. The first-order valence-corrected chi connectivity index (χ1v) is 9.90. The van der Waals surface area contributed by atoms with Crippen LogP contribution in [0.2, 0.25) is 0 Å². The predicted octanol–water partition coefficient (Wildman–Crippen LogP) is 4.62. The van der Waals surface area contributed by atoms with Gasteiger partial charge in [0.05, 0.1) is 11.7 Å². The molecule has 4 rings (SSSR count). The highest BCUT2D eigenvalue weighted by Crippen LogP contribution is 2.33. The largest absolute Gasteiger partial charge is 0.352 e. The standard InChI is InChI=1S/C23H21F3N4O/c1-30-13-14(12-28-30)11-27-21(31)4-2-3-18-19-9-17(25)10-20(26)23(19)29-22(18)15-5-7-16(24)8-6-15/h5-10,12-13,29H,2-4,11H2,1H3,(H,27,31). The van der Waals surface area contributed by atoms with Gasteiger partial charge in [0.15, 0.2) is 0 Å². The molecular weight excluding hydrogens is 405 g/mol. The zero-order valence-electron chi connectivity index (χ0n) is 16.9. The molecule has 1 amide bonds. The quantitative estimate of drug-likeness (QED) is 0.453. The maximum Gasteiger partial charge on any atom is 0.220 e. The van der Waals surface area contributed by atoms with Gasteiger partial charge in [-0.15, -0.1) is 0 Å². The molecule has 2 N–H and O–H groups in total. The number of H-pyrrole nitrogens is 1. The number of benzene rings is 2. The Kier molecular flexibility index (Phi) is 5.79. The second-order valence-electron chi connectivity index (χ2n) is 7.45. The van der Waals surface area contributed by atoms with Crippen molar-refractivity contribution in [1.82, 2.24) is 20.1 Å². The fraction of sp³-hybridized carbons (Fsp3) is 0.217. The summed E-state index contributed by atoms with van der Waals surface area (Å²) in [5.74, 6) is -1.88. The lowest BCUT2D eigenvalue weighted by molar-refractivity contribution is -0.121. The van der Waals surface area contributed by atoms with E-state index >= 15 is 0 Å². The first-order valence-electron chi connectivity index (χ1n) is 9.90. The van der Waals surface area contributed by atoms with E-state index < -0.39 is 11.6 Å². The van der Waals surface area contributed by atoms with Gasteiger partial charge in [0.1, 0.15) is 17.5 Å². The number of halogens is 3. The van der Waals surface area contributed by atoms with E-state index in [1.165, 1.54) is 18.2 Å². The topological polar surface area (TPSA) is 62.7 Å². The van der Waals surface area contributed by atoms with Gasteiger partial charge in [-0.1, -0.05) is 0 Å². The van der Waals surface area contributed by atoms with Crippen molar-refractivity contribution >= 4 is 16.8 Å². The third-order valence-corrected chi connectivity index (χ3v) is 5.14. The van der Waals surface area contributed by atoms with Crippen molar-refractivity contribution in [2.75, 3.05) is 0 Å². The van der Waals surface area contributed by atoms with Crippen molar-refractivity contribution in [1.29, 1.82) is 0 Å². The molecule has 0 aliphatic heterocycles. The number of fused-ring (bicyclic) bond motifs is 1. The first-order chi connectivity index (χ1) is 14.9. The number of aryl methyl sites for hydroxylation is 2. The number of rotatable bonds is 7. The zero-order valence-corrected chi connectivity index (χ0v) is 16.9. The highest BCUT2D eigenvalue weighted by atomic mass is 19.1. The third-order valence-electron chi connectivity index (χ3n) is 5.14. The summed E-state index contributed by atoms with van der Waals surface area (Å²) in [6.07, 6.45) is 4.68. The van der Waals surface area contributed by atoms with Gasteiger partial charge in [-0.25, -0.2) is 13.2 Å². The number of hydrogen-bond donors (Lipinski definition) is 2. The number of hydrogen-bond acceptors (Lipinski definition) is 2. The lowest BCUT2D eigenvalue weighted by Crippen LogP contribution is -2.22. The van der Waals surface area contributed by atoms with E-state index in [1.807, 2.05) is 6.20 Å². The average Bonchev–Trinajstić information content (AvgIpc) is 3.31. The molecule has 0 fully saturated rings. The summed E-state index contributed by atoms with van der Waals surface area (Å²) in [6.45, 7) is 0.386. The normalized spacial score (nSPS) is 11.2.